The van der Waals surface area contributed by atoms with Crippen LogP contribution >= 0.6 is 11.8 Å². The summed E-state index contributed by atoms with van der Waals surface area (Å²) in [5.74, 6) is -4.62. The van der Waals surface area contributed by atoms with Gasteiger partial charge in [-0.15, -0.1) is 11.8 Å². The third-order valence-corrected chi connectivity index (χ3v) is 7.91. The van der Waals surface area contributed by atoms with Crippen molar-refractivity contribution >= 4 is 45.8 Å². The zero-order chi connectivity index (χ0) is 24.2. The van der Waals surface area contributed by atoms with E-state index in [1.807, 2.05) is 0 Å². The molecule has 4 N–H and O–H groups in total. The van der Waals surface area contributed by atoms with E-state index in [9.17, 15) is 39.6 Å². The van der Waals surface area contributed by atoms with E-state index in [1.165, 1.54) is 10.8 Å². The van der Waals surface area contributed by atoms with Crippen LogP contribution in [0.25, 0.3) is 10.9 Å². The van der Waals surface area contributed by atoms with Crippen LogP contribution in [0.15, 0.2) is 36.5 Å². The van der Waals surface area contributed by atoms with Gasteiger partial charge in [-0.3, -0.25) is 19.2 Å². The van der Waals surface area contributed by atoms with E-state index >= 15 is 0 Å². The predicted molar refractivity (Wildman–Crippen MR) is 116 cm³/mol. The Hall–Kier alpha value is -2.37. The first-order valence-electron chi connectivity index (χ1n) is 9.89. The van der Waals surface area contributed by atoms with E-state index in [0.29, 0.717) is 22.7 Å². The normalized spacial score (nSPS) is 33.6. The second-order valence-corrected chi connectivity index (χ2v) is 9.33. The summed E-state index contributed by atoms with van der Waals surface area (Å²) in [6.07, 6.45) is -0.168. The maximum Gasteiger partial charge on any atom is 0.199 e. The zero-order valence-electron chi connectivity index (χ0n) is 18.0. The van der Waals surface area contributed by atoms with Crippen LogP contribution in [-0.2, 0) is 19.2 Å². The third kappa shape index (κ3) is 2.94. The lowest BCUT2D eigenvalue weighted by molar-refractivity contribution is -0.235. The van der Waals surface area contributed by atoms with Gasteiger partial charge < -0.3 is 25.0 Å². The Morgan fingerprint density at radius 3 is 2.00 bits per heavy atom. The lowest BCUT2D eigenvalue weighted by Gasteiger charge is -2.57. The Labute approximate surface area is 188 Å². The molecule has 10 heteroatoms. The number of ketones is 4. The molecule has 0 bridgehead atoms. The number of para-hydroxylation sites is 1. The van der Waals surface area contributed by atoms with E-state index in [2.05, 4.69) is 0 Å². The fourth-order valence-corrected chi connectivity index (χ4v) is 6.43. The molecule has 9 nitrogen and oxygen atoms in total. The van der Waals surface area contributed by atoms with Crippen molar-refractivity contribution in [3.8, 4) is 0 Å². The van der Waals surface area contributed by atoms with E-state index in [0.717, 1.165) is 27.7 Å². The molecule has 1 aliphatic rings. The SMILES string of the molecule is CC(=O)[C@]1(O)[C@@](O)(C(C)=O)[C@H](C(=O)C(C)O)S[C@H](n2ccc3ccccc32)[C@@]1(O)C(C)=O. The van der Waals surface area contributed by atoms with Gasteiger partial charge in [-0.1, -0.05) is 18.2 Å². The molecule has 1 unspecified atom stereocenters. The van der Waals surface area contributed by atoms with Gasteiger partial charge in [-0.25, -0.2) is 0 Å². The number of rotatable bonds is 6. The highest BCUT2D eigenvalue weighted by Gasteiger charge is 2.79. The monoisotopic (exact) mass is 463 g/mol. The Morgan fingerprint density at radius 2 is 1.50 bits per heavy atom. The summed E-state index contributed by atoms with van der Waals surface area (Å²) in [5.41, 5.74) is -9.06. The van der Waals surface area contributed by atoms with Crippen molar-refractivity contribution in [1.82, 2.24) is 4.57 Å². The first-order valence-corrected chi connectivity index (χ1v) is 10.8. The third-order valence-electron chi connectivity index (χ3n) is 6.24. The van der Waals surface area contributed by atoms with Crippen molar-refractivity contribution < 1.29 is 39.6 Å². The molecule has 0 spiro atoms. The van der Waals surface area contributed by atoms with Crippen LogP contribution in [0.3, 0.4) is 0 Å². The van der Waals surface area contributed by atoms with Crippen molar-refractivity contribution in [2.75, 3.05) is 0 Å². The average molecular weight is 464 g/mol. The minimum atomic E-state index is -3.38. The average Bonchev–Trinajstić information content (AvgIpc) is 3.15. The van der Waals surface area contributed by atoms with Crippen LogP contribution in [0.1, 0.15) is 33.1 Å². The largest absolute Gasteiger partial charge is 0.386 e. The standard InChI is InChI=1S/C22H25NO8S/c1-11(24)17(28)18-20(29,12(2)25)22(31,14(4)27)21(30,13(3)26)19(32-18)23-10-9-15-7-5-6-8-16(15)23/h5-11,18-19,24,29-31H,1-4H3/t11?,18-,19-,20+,21-,22-/m0/s1. The number of aliphatic hydroxyl groups excluding tert-OH is 1. The summed E-state index contributed by atoms with van der Waals surface area (Å²) in [6, 6.07) is 8.55. The van der Waals surface area contributed by atoms with E-state index in [1.54, 1.807) is 30.3 Å². The molecular weight excluding hydrogens is 438 g/mol. The molecule has 2 aromatic rings. The summed E-state index contributed by atoms with van der Waals surface area (Å²) in [7, 11) is 0. The number of benzene rings is 1. The molecule has 0 amide bonds. The van der Waals surface area contributed by atoms with Gasteiger partial charge in [-0.2, -0.15) is 0 Å². The second kappa shape index (κ2) is 7.89. The van der Waals surface area contributed by atoms with E-state index < -0.39 is 56.7 Å². The Bertz CT molecular complexity index is 1130. The van der Waals surface area contributed by atoms with Gasteiger partial charge in [0.25, 0.3) is 0 Å². The zero-order valence-corrected chi connectivity index (χ0v) is 18.8. The van der Waals surface area contributed by atoms with E-state index in [-0.39, 0.29) is 0 Å². The highest BCUT2D eigenvalue weighted by molar-refractivity contribution is 8.01. The molecule has 1 aliphatic heterocycles. The summed E-state index contributed by atoms with van der Waals surface area (Å²) in [6.45, 7) is 3.68. The maximum atomic E-state index is 12.9. The van der Waals surface area contributed by atoms with Gasteiger partial charge >= 0.3 is 0 Å². The van der Waals surface area contributed by atoms with E-state index in [4.69, 9.17) is 0 Å². The molecular formula is C22H25NO8S. The predicted octanol–water partition coefficient (Wildman–Crippen LogP) is 0.165. The number of hydrogen-bond acceptors (Lipinski definition) is 9. The van der Waals surface area contributed by atoms with Crippen molar-refractivity contribution in [3.05, 3.63) is 36.5 Å². The van der Waals surface area contributed by atoms with Crippen molar-refractivity contribution in [2.24, 2.45) is 0 Å². The van der Waals surface area contributed by atoms with Gasteiger partial charge in [-0.05, 0) is 45.2 Å². The smallest absolute Gasteiger partial charge is 0.199 e. The molecule has 2 heterocycles. The molecule has 172 valence electrons. The van der Waals surface area contributed by atoms with Gasteiger partial charge in [0.15, 0.2) is 39.9 Å². The lowest BCUT2D eigenvalue weighted by atomic mass is 9.62. The molecule has 1 fully saturated rings. The first kappa shape index (κ1) is 24.3. The number of aliphatic hydroxyl groups is 4. The van der Waals surface area contributed by atoms with Gasteiger partial charge in [0.05, 0.1) is 0 Å². The molecule has 3 rings (SSSR count). The van der Waals surface area contributed by atoms with Gasteiger partial charge in [0, 0.05) is 11.7 Å². The fraction of sp³-hybridized carbons (Fsp3) is 0.455. The molecule has 0 saturated carbocycles. The van der Waals surface area contributed by atoms with Crippen LogP contribution < -0.4 is 0 Å². The quantitative estimate of drug-likeness (QED) is 0.469. The maximum absolute atomic E-state index is 12.9. The number of Topliss-reactive ketones (excluding diaryl/α,β-unsaturated/α-hetero) is 4. The summed E-state index contributed by atoms with van der Waals surface area (Å²) in [5, 5.41) is 42.0. The molecule has 1 aromatic carbocycles. The number of hydrogen-bond donors (Lipinski definition) is 4. The summed E-state index contributed by atoms with van der Waals surface area (Å²) in [4.78, 5) is 51.2. The Balaban J connectivity index is 2.43. The summed E-state index contributed by atoms with van der Waals surface area (Å²) < 4.78 is 1.40. The minimum Gasteiger partial charge on any atom is -0.386 e. The highest BCUT2D eigenvalue weighted by Crippen LogP contribution is 2.57. The number of carbonyl (C=O) groups is 4. The van der Waals surface area contributed by atoms with Crippen LogP contribution in [0, 0.1) is 0 Å². The van der Waals surface area contributed by atoms with Crippen LogP contribution in [0.2, 0.25) is 0 Å². The second-order valence-electron chi connectivity index (χ2n) is 8.14. The number of thioether (sulfide) groups is 1. The van der Waals surface area contributed by atoms with Gasteiger partial charge in [0.1, 0.15) is 16.7 Å². The summed E-state index contributed by atoms with van der Waals surface area (Å²) >= 11 is 0.530. The highest BCUT2D eigenvalue weighted by atomic mass is 32.2. The molecule has 0 aliphatic carbocycles. The molecule has 1 aromatic heterocycles. The van der Waals surface area contributed by atoms with Crippen molar-refractivity contribution in [3.63, 3.8) is 0 Å². The number of fused-ring (bicyclic) bond motifs is 1. The number of nitrogens with zero attached hydrogens (tertiary/aromatic N) is 1. The fourth-order valence-electron chi connectivity index (χ4n) is 4.46. The Kier molecular flexibility index (Phi) is 5.99. The van der Waals surface area contributed by atoms with Crippen LogP contribution in [0.5, 0.6) is 0 Å². The van der Waals surface area contributed by atoms with Crippen molar-refractivity contribution in [2.45, 2.75) is 61.2 Å². The van der Waals surface area contributed by atoms with Crippen LogP contribution in [0.4, 0.5) is 0 Å². The van der Waals surface area contributed by atoms with Gasteiger partial charge in [0.2, 0.25) is 0 Å². The topological polar surface area (TPSA) is 154 Å². The molecule has 0 radical (unpaired) electrons. The first-order chi connectivity index (χ1) is 14.8. The van der Waals surface area contributed by atoms with Crippen molar-refractivity contribution in [1.29, 1.82) is 0 Å². The lowest BCUT2D eigenvalue weighted by Crippen LogP contribution is -2.83. The number of aromatic nitrogens is 1. The molecule has 32 heavy (non-hydrogen) atoms. The van der Waals surface area contributed by atoms with Crippen LogP contribution in [-0.4, -0.2) is 76.3 Å². The Morgan fingerprint density at radius 1 is 0.938 bits per heavy atom. The number of carbonyl (C=O) groups excluding carboxylic acids is 4. The molecule has 6 atom stereocenters. The minimum absolute atomic E-state index is 0.507. The molecule has 1 saturated heterocycles.